The summed E-state index contributed by atoms with van der Waals surface area (Å²) < 4.78 is 1.72. The molecule has 2 heterocycles. The molecule has 0 aliphatic rings. The van der Waals surface area contributed by atoms with Crippen LogP contribution >= 0.6 is 0 Å². The number of hydrogen-bond donors (Lipinski definition) is 2. The number of anilines is 1. The van der Waals surface area contributed by atoms with Crippen LogP contribution in [-0.2, 0) is 12.8 Å². The van der Waals surface area contributed by atoms with E-state index in [0.717, 1.165) is 24.5 Å². The molecule has 0 aromatic carbocycles. The molecule has 0 atom stereocenters. The zero-order valence-electron chi connectivity index (χ0n) is 9.88. The molecule has 0 amide bonds. The number of hydrazine groups is 1. The summed E-state index contributed by atoms with van der Waals surface area (Å²) in [4.78, 5) is 12.6. The summed E-state index contributed by atoms with van der Waals surface area (Å²) in [5.74, 6) is 7.99. The van der Waals surface area contributed by atoms with Crippen LogP contribution in [0.3, 0.4) is 0 Å². The van der Waals surface area contributed by atoms with Gasteiger partial charge >= 0.3 is 0 Å². The maximum Gasteiger partial charge on any atom is 0.239 e. The number of aromatic nitrogens is 5. The third-order valence-corrected chi connectivity index (χ3v) is 2.34. The first-order valence-electron chi connectivity index (χ1n) is 5.53. The zero-order valence-corrected chi connectivity index (χ0v) is 9.88. The van der Waals surface area contributed by atoms with Gasteiger partial charge in [0.2, 0.25) is 5.95 Å². The average Bonchev–Trinajstić information content (AvgIpc) is 2.82. The Labute approximate surface area is 99.1 Å². The van der Waals surface area contributed by atoms with Gasteiger partial charge < -0.3 is 0 Å². The molecule has 2 aromatic rings. The molecule has 3 N–H and O–H groups in total. The lowest BCUT2D eigenvalue weighted by Crippen LogP contribution is -2.12. The number of nitrogens with one attached hydrogen (secondary N) is 1. The molecule has 2 rings (SSSR count). The van der Waals surface area contributed by atoms with E-state index in [1.807, 2.05) is 13.8 Å². The third-order valence-electron chi connectivity index (χ3n) is 2.34. The minimum atomic E-state index is 0.359. The first-order chi connectivity index (χ1) is 8.28. The summed E-state index contributed by atoms with van der Waals surface area (Å²) >= 11 is 0. The molecule has 2 aromatic heterocycles. The molecule has 7 heteroatoms. The van der Waals surface area contributed by atoms with Gasteiger partial charge in [-0.15, -0.1) is 5.10 Å². The smallest absolute Gasteiger partial charge is 0.239 e. The lowest BCUT2D eigenvalue weighted by Gasteiger charge is -2.04. The van der Waals surface area contributed by atoms with Crippen molar-refractivity contribution >= 4 is 5.95 Å². The highest BCUT2D eigenvalue weighted by atomic mass is 15.4. The van der Waals surface area contributed by atoms with Crippen LogP contribution in [0, 0.1) is 0 Å². The van der Waals surface area contributed by atoms with Gasteiger partial charge in [0, 0.05) is 25.1 Å². The third kappa shape index (κ3) is 2.23. The van der Waals surface area contributed by atoms with Crippen molar-refractivity contribution < 1.29 is 0 Å². The van der Waals surface area contributed by atoms with Crippen molar-refractivity contribution in [2.75, 3.05) is 5.43 Å². The second-order valence-electron chi connectivity index (χ2n) is 3.45. The molecule has 0 radical (unpaired) electrons. The number of nitrogen functional groups attached to an aromatic ring is 1. The van der Waals surface area contributed by atoms with Crippen LogP contribution in [0.15, 0.2) is 12.3 Å². The molecule has 0 saturated heterocycles. The highest BCUT2D eigenvalue weighted by Gasteiger charge is 2.10. The van der Waals surface area contributed by atoms with Crippen LogP contribution in [0.2, 0.25) is 0 Å². The first kappa shape index (κ1) is 11.5. The Bertz CT molecular complexity index is 505. The highest BCUT2D eigenvalue weighted by Crippen LogP contribution is 2.09. The van der Waals surface area contributed by atoms with Gasteiger partial charge in [0.05, 0.1) is 0 Å². The molecule has 90 valence electrons. The molecule has 0 aliphatic heterocycles. The SMILES string of the molecule is CCc1nc(CC)n(-c2ccnc(NN)n2)n1. The van der Waals surface area contributed by atoms with Crippen molar-refractivity contribution in [3.8, 4) is 5.82 Å². The summed E-state index contributed by atoms with van der Waals surface area (Å²) in [6.07, 6.45) is 3.22. The fourth-order valence-corrected chi connectivity index (χ4v) is 1.49. The summed E-state index contributed by atoms with van der Waals surface area (Å²) in [5.41, 5.74) is 2.41. The fraction of sp³-hybridized carbons (Fsp3) is 0.400. The van der Waals surface area contributed by atoms with E-state index in [9.17, 15) is 0 Å². The van der Waals surface area contributed by atoms with Crippen molar-refractivity contribution in [1.82, 2.24) is 24.7 Å². The van der Waals surface area contributed by atoms with Gasteiger partial charge in [0.1, 0.15) is 5.82 Å². The van der Waals surface area contributed by atoms with Crippen molar-refractivity contribution in [2.24, 2.45) is 5.84 Å². The predicted octanol–water partition coefficient (Wildman–Crippen LogP) is 0.468. The van der Waals surface area contributed by atoms with Crippen LogP contribution in [0.1, 0.15) is 25.5 Å². The number of nitrogens with two attached hydrogens (primary N) is 1. The fourth-order valence-electron chi connectivity index (χ4n) is 1.49. The number of rotatable bonds is 4. The van der Waals surface area contributed by atoms with Crippen LogP contribution in [0.25, 0.3) is 5.82 Å². The topological polar surface area (TPSA) is 94.5 Å². The molecule has 0 spiro atoms. The van der Waals surface area contributed by atoms with Crippen LogP contribution in [0.4, 0.5) is 5.95 Å². The Morgan fingerprint density at radius 1 is 1.29 bits per heavy atom. The highest BCUT2D eigenvalue weighted by molar-refractivity contribution is 5.30. The van der Waals surface area contributed by atoms with Gasteiger partial charge in [-0.05, 0) is 0 Å². The normalized spacial score (nSPS) is 10.5. The molecular weight excluding hydrogens is 218 g/mol. The zero-order chi connectivity index (χ0) is 12.3. The first-order valence-corrected chi connectivity index (χ1v) is 5.53. The molecule has 0 saturated carbocycles. The van der Waals surface area contributed by atoms with E-state index < -0.39 is 0 Å². The Morgan fingerprint density at radius 2 is 2.12 bits per heavy atom. The summed E-state index contributed by atoms with van der Waals surface area (Å²) in [6, 6.07) is 1.77. The van der Waals surface area contributed by atoms with E-state index in [-0.39, 0.29) is 0 Å². The summed E-state index contributed by atoms with van der Waals surface area (Å²) in [5, 5.41) is 4.39. The standard InChI is InChI=1S/C10H15N7/c1-3-7-13-8(4-2)17(16-7)9-5-6-12-10(14-9)15-11/h5-6H,3-4,11H2,1-2H3,(H,12,14,15). The minimum absolute atomic E-state index is 0.359. The number of nitrogens with zero attached hydrogens (tertiary/aromatic N) is 5. The predicted molar refractivity (Wildman–Crippen MR) is 63.5 cm³/mol. The molecule has 0 bridgehead atoms. The second-order valence-corrected chi connectivity index (χ2v) is 3.45. The Kier molecular flexibility index (Phi) is 3.29. The van der Waals surface area contributed by atoms with Crippen molar-refractivity contribution in [1.29, 1.82) is 0 Å². The van der Waals surface area contributed by atoms with Gasteiger partial charge in [-0.3, -0.25) is 5.43 Å². The molecule has 0 unspecified atom stereocenters. The number of hydrogen-bond acceptors (Lipinski definition) is 6. The van der Waals surface area contributed by atoms with E-state index in [0.29, 0.717) is 11.8 Å². The Balaban J connectivity index is 2.47. The van der Waals surface area contributed by atoms with Gasteiger partial charge in [0.15, 0.2) is 11.6 Å². The van der Waals surface area contributed by atoms with Crippen molar-refractivity contribution in [3.05, 3.63) is 23.9 Å². The minimum Gasteiger partial charge on any atom is -0.292 e. The van der Waals surface area contributed by atoms with Gasteiger partial charge in [-0.25, -0.2) is 15.8 Å². The van der Waals surface area contributed by atoms with Crippen LogP contribution in [0.5, 0.6) is 0 Å². The molecule has 17 heavy (non-hydrogen) atoms. The Hall–Kier alpha value is -2.02. The van der Waals surface area contributed by atoms with E-state index >= 15 is 0 Å². The van der Waals surface area contributed by atoms with E-state index in [4.69, 9.17) is 5.84 Å². The summed E-state index contributed by atoms with van der Waals surface area (Å²) in [6.45, 7) is 4.05. The van der Waals surface area contributed by atoms with E-state index in [1.165, 1.54) is 0 Å². The van der Waals surface area contributed by atoms with Crippen molar-refractivity contribution in [3.63, 3.8) is 0 Å². The lowest BCUT2D eigenvalue weighted by atomic mass is 10.4. The average molecular weight is 233 g/mol. The molecular formula is C10H15N7. The second kappa shape index (κ2) is 4.88. The molecule has 7 nitrogen and oxygen atoms in total. The van der Waals surface area contributed by atoms with E-state index in [2.05, 4.69) is 25.5 Å². The van der Waals surface area contributed by atoms with E-state index in [1.54, 1.807) is 16.9 Å². The lowest BCUT2D eigenvalue weighted by molar-refractivity contribution is 0.766. The summed E-state index contributed by atoms with van der Waals surface area (Å²) in [7, 11) is 0. The molecule has 0 aliphatic carbocycles. The molecule has 0 fully saturated rings. The maximum absolute atomic E-state index is 5.28. The van der Waals surface area contributed by atoms with Gasteiger partial charge in [-0.1, -0.05) is 13.8 Å². The largest absolute Gasteiger partial charge is 0.292 e. The van der Waals surface area contributed by atoms with Gasteiger partial charge in [0.25, 0.3) is 0 Å². The number of aryl methyl sites for hydroxylation is 2. The van der Waals surface area contributed by atoms with Gasteiger partial charge in [-0.2, -0.15) is 9.67 Å². The maximum atomic E-state index is 5.28. The monoisotopic (exact) mass is 233 g/mol. The van der Waals surface area contributed by atoms with Crippen molar-refractivity contribution in [2.45, 2.75) is 26.7 Å². The van der Waals surface area contributed by atoms with Crippen LogP contribution < -0.4 is 11.3 Å². The van der Waals surface area contributed by atoms with Crippen LogP contribution in [-0.4, -0.2) is 24.7 Å². The Morgan fingerprint density at radius 3 is 2.76 bits per heavy atom. The quantitative estimate of drug-likeness (QED) is 0.588.